The van der Waals surface area contributed by atoms with Gasteiger partial charge in [0.1, 0.15) is 17.3 Å². The van der Waals surface area contributed by atoms with Gasteiger partial charge in [0.05, 0.1) is 0 Å². The average Bonchev–Trinajstić information content (AvgIpc) is 2.37. The molecule has 110 valence electrons. The second kappa shape index (κ2) is 5.90. The number of rotatable bonds is 3. The van der Waals surface area contributed by atoms with E-state index in [9.17, 15) is 0 Å². The third-order valence-corrected chi connectivity index (χ3v) is 3.81. The highest BCUT2D eigenvalue weighted by molar-refractivity contribution is 9.10. The zero-order chi connectivity index (χ0) is 15.6. The Morgan fingerprint density at radius 1 is 1.14 bits per heavy atom. The van der Waals surface area contributed by atoms with E-state index < -0.39 is 0 Å². The van der Waals surface area contributed by atoms with Gasteiger partial charge in [-0.2, -0.15) is 0 Å². The number of para-hydroxylation sites is 1. The molecule has 0 saturated heterocycles. The maximum absolute atomic E-state index is 7.49. The third kappa shape index (κ3) is 3.64. The molecule has 0 bridgehead atoms. The Morgan fingerprint density at radius 3 is 2.38 bits per heavy atom. The largest absolute Gasteiger partial charge is 0.457 e. The van der Waals surface area contributed by atoms with Gasteiger partial charge in [0.2, 0.25) is 0 Å². The lowest BCUT2D eigenvalue weighted by atomic mass is 9.86. The fourth-order valence-corrected chi connectivity index (χ4v) is 2.65. The van der Waals surface area contributed by atoms with E-state index in [1.54, 1.807) is 6.07 Å². The molecule has 2 aromatic carbocycles. The number of hydrogen-bond acceptors (Lipinski definition) is 2. The van der Waals surface area contributed by atoms with Crippen LogP contribution in [0.1, 0.15) is 31.9 Å². The molecule has 0 aliphatic heterocycles. The van der Waals surface area contributed by atoms with Gasteiger partial charge in [0.25, 0.3) is 0 Å². The molecule has 0 unspecified atom stereocenters. The van der Waals surface area contributed by atoms with Crippen LogP contribution in [0.4, 0.5) is 0 Å². The second-order valence-electron chi connectivity index (χ2n) is 5.90. The smallest absolute Gasteiger partial charge is 0.131 e. The molecule has 0 amide bonds. The van der Waals surface area contributed by atoms with E-state index in [1.807, 2.05) is 30.3 Å². The van der Waals surface area contributed by atoms with E-state index >= 15 is 0 Å². The van der Waals surface area contributed by atoms with Crippen molar-refractivity contribution in [3.8, 4) is 11.5 Å². The molecule has 0 spiro atoms. The Morgan fingerprint density at radius 2 is 1.81 bits per heavy atom. The number of nitrogens with two attached hydrogens (primary N) is 1. The molecule has 0 radical (unpaired) electrons. The fraction of sp³-hybridized carbons (Fsp3) is 0.235. The van der Waals surface area contributed by atoms with E-state index in [0.29, 0.717) is 11.3 Å². The second-order valence-corrected chi connectivity index (χ2v) is 6.76. The topological polar surface area (TPSA) is 59.1 Å². The van der Waals surface area contributed by atoms with Crippen LogP contribution in [0.3, 0.4) is 0 Å². The van der Waals surface area contributed by atoms with Gasteiger partial charge in [-0.1, -0.05) is 39.0 Å². The lowest BCUT2D eigenvalue weighted by Crippen LogP contribution is -2.13. The summed E-state index contributed by atoms with van der Waals surface area (Å²) in [5.74, 6) is 1.58. The maximum Gasteiger partial charge on any atom is 0.131 e. The first-order chi connectivity index (χ1) is 9.79. The molecular weight excluding hydrogens is 328 g/mol. The summed E-state index contributed by atoms with van der Waals surface area (Å²) >= 11 is 3.42. The number of amidine groups is 1. The van der Waals surface area contributed by atoms with Crippen LogP contribution in [-0.4, -0.2) is 5.84 Å². The molecule has 0 saturated carbocycles. The van der Waals surface area contributed by atoms with Crippen LogP contribution in [0.15, 0.2) is 46.9 Å². The fourth-order valence-electron chi connectivity index (χ4n) is 2.08. The van der Waals surface area contributed by atoms with Crippen LogP contribution in [-0.2, 0) is 5.41 Å². The predicted molar refractivity (Wildman–Crippen MR) is 90.4 cm³/mol. The molecule has 3 nitrogen and oxygen atoms in total. The lowest BCUT2D eigenvalue weighted by molar-refractivity contribution is 0.455. The minimum absolute atomic E-state index is 0.00709. The summed E-state index contributed by atoms with van der Waals surface area (Å²) in [5.41, 5.74) is 7.33. The van der Waals surface area contributed by atoms with Gasteiger partial charge in [-0.15, -0.1) is 0 Å². The molecular formula is C17H19BrN2O. The van der Waals surface area contributed by atoms with Gasteiger partial charge in [-0.3, -0.25) is 5.41 Å². The molecule has 0 atom stereocenters. The van der Waals surface area contributed by atoms with Gasteiger partial charge < -0.3 is 10.5 Å². The van der Waals surface area contributed by atoms with Crippen LogP contribution in [0.5, 0.6) is 11.5 Å². The monoisotopic (exact) mass is 346 g/mol. The van der Waals surface area contributed by atoms with Crippen LogP contribution in [0, 0.1) is 5.41 Å². The number of ether oxygens (including phenoxy) is 1. The Labute approximate surface area is 133 Å². The summed E-state index contributed by atoms with van der Waals surface area (Å²) in [7, 11) is 0. The third-order valence-electron chi connectivity index (χ3n) is 3.15. The minimum Gasteiger partial charge on any atom is -0.457 e. The highest BCUT2D eigenvalue weighted by Gasteiger charge is 2.19. The van der Waals surface area contributed by atoms with Crippen LogP contribution in [0.2, 0.25) is 0 Å². The number of halogens is 1. The molecule has 3 N–H and O–H groups in total. The van der Waals surface area contributed by atoms with Crippen molar-refractivity contribution in [3.05, 3.63) is 58.1 Å². The minimum atomic E-state index is 0.00709. The SMILES string of the molecule is CC(C)(C)c1ccccc1Oc1ccc(C(=N)N)c(Br)c1. The van der Waals surface area contributed by atoms with E-state index in [-0.39, 0.29) is 11.3 Å². The van der Waals surface area contributed by atoms with Gasteiger partial charge in [0, 0.05) is 15.6 Å². The number of benzene rings is 2. The summed E-state index contributed by atoms with van der Waals surface area (Å²) in [5, 5.41) is 7.49. The van der Waals surface area contributed by atoms with E-state index in [0.717, 1.165) is 15.8 Å². The van der Waals surface area contributed by atoms with Gasteiger partial charge in [-0.25, -0.2) is 0 Å². The molecule has 2 rings (SSSR count). The average molecular weight is 347 g/mol. The van der Waals surface area contributed by atoms with Gasteiger partial charge in [0.15, 0.2) is 0 Å². The standard InChI is InChI=1S/C17H19BrN2O/c1-17(2,3)13-6-4-5-7-15(13)21-11-8-9-12(16(19)20)14(18)10-11/h4-10H,1-3H3,(H3,19,20). The zero-order valence-electron chi connectivity index (χ0n) is 12.4. The van der Waals surface area contributed by atoms with Crippen molar-refractivity contribution in [2.75, 3.05) is 0 Å². The summed E-state index contributed by atoms with van der Waals surface area (Å²) in [6.07, 6.45) is 0. The summed E-state index contributed by atoms with van der Waals surface area (Å²) < 4.78 is 6.76. The lowest BCUT2D eigenvalue weighted by Gasteiger charge is -2.22. The Bertz CT molecular complexity index is 675. The van der Waals surface area contributed by atoms with E-state index in [2.05, 4.69) is 42.8 Å². The van der Waals surface area contributed by atoms with Crippen molar-refractivity contribution < 1.29 is 4.74 Å². The first-order valence-corrected chi connectivity index (χ1v) is 7.49. The molecule has 21 heavy (non-hydrogen) atoms. The maximum atomic E-state index is 7.49. The van der Waals surface area contributed by atoms with Gasteiger partial charge >= 0.3 is 0 Å². The van der Waals surface area contributed by atoms with Crippen LogP contribution in [0.25, 0.3) is 0 Å². The number of nitrogen functional groups attached to an aromatic ring is 1. The molecule has 0 aromatic heterocycles. The first kappa shape index (κ1) is 15.6. The zero-order valence-corrected chi connectivity index (χ0v) is 14.0. The Hall–Kier alpha value is -1.81. The molecule has 4 heteroatoms. The molecule has 0 aliphatic carbocycles. The summed E-state index contributed by atoms with van der Waals surface area (Å²) in [6, 6.07) is 13.5. The van der Waals surface area contributed by atoms with Crippen molar-refractivity contribution in [2.24, 2.45) is 5.73 Å². The molecule has 0 heterocycles. The predicted octanol–water partition coefficient (Wildman–Crippen LogP) is 4.82. The summed E-state index contributed by atoms with van der Waals surface area (Å²) in [4.78, 5) is 0. The van der Waals surface area contributed by atoms with Crippen LogP contribution < -0.4 is 10.5 Å². The molecule has 2 aromatic rings. The van der Waals surface area contributed by atoms with Gasteiger partial charge in [-0.05, 0) is 45.6 Å². The normalized spacial score (nSPS) is 11.2. The highest BCUT2D eigenvalue weighted by atomic mass is 79.9. The quantitative estimate of drug-likeness (QED) is 0.618. The van der Waals surface area contributed by atoms with Crippen molar-refractivity contribution in [1.82, 2.24) is 0 Å². The van der Waals surface area contributed by atoms with Crippen molar-refractivity contribution in [3.63, 3.8) is 0 Å². The van der Waals surface area contributed by atoms with Crippen LogP contribution >= 0.6 is 15.9 Å². The number of hydrogen-bond donors (Lipinski definition) is 2. The summed E-state index contributed by atoms with van der Waals surface area (Å²) in [6.45, 7) is 6.47. The first-order valence-electron chi connectivity index (χ1n) is 6.70. The highest BCUT2D eigenvalue weighted by Crippen LogP contribution is 2.35. The van der Waals surface area contributed by atoms with Crippen molar-refractivity contribution >= 4 is 21.8 Å². The Kier molecular flexibility index (Phi) is 4.37. The van der Waals surface area contributed by atoms with E-state index in [1.165, 1.54) is 0 Å². The molecule has 0 aliphatic rings. The van der Waals surface area contributed by atoms with E-state index in [4.69, 9.17) is 15.9 Å². The van der Waals surface area contributed by atoms with Crippen molar-refractivity contribution in [2.45, 2.75) is 26.2 Å². The number of nitrogens with one attached hydrogen (secondary N) is 1. The van der Waals surface area contributed by atoms with Crippen molar-refractivity contribution in [1.29, 1.82) is 5.41 Å². The molecule has 0 fully saturated rings. The Balaban J connectivity index is 2.35.